The number of likely N-dealkylation sites (N-methyl/N-ethyl adjacent to an activating group) is 1. The Labute approximate surface area is 219 Å². The summed E-state index contributed by atoms with van der Waals surface area (Å²) in [5, 5.41) is 4.63. The second kappa shape index (κ2) is 11.5. The van der Waals surface area contributed by atoms with Crippen LogP contribution in [0, 0.1) is 18.8 Å². The monoisotopic (exact) mass is 513 g/mol. The number of amides is 1. The summed E-state index contributed by atoms with van der Waals surface area (Å²) >= 11 is 6.46. The minimum atomic E-state index is -0.250. The molecule has 4 rings (SSSR count). The molecule has 1 amide bonds. The number of likely N-dealkylation sites (tertiary alicyclic amines) is 1. The number of nitrogens with one attached hydrogen (secondary N) is 1. The van der Waals surface area contributed by atoms with Gasteiger partial charge in [0, 0.05) is 53.6 Å². The summed E-state index contributed by atoms with van der Waals surface area (Å²) < 4.78 is 2.09. The predicted molar refractivity (Wildman–Crippen MR) is 145 cm³/mol. The number of fused-ring (bicyclic) bond motifs is 1. The number of carbonyl (C=O) groups excluding carboxylic acids is 3. The van der Waals surface area contributed by atoms with Gasteiger partial charge in [-0.25, -0.2) is 0 Å². The van der Waals surface area contributed by atoms with E-state index in [-0.39, 0.29) is 41.4 Å². The average molecular weight is 514 g/mol. The van der Waals surface area contributed by atoms with Crippen molar-refractivity contribution in [2.24, 2.45) is 11.8 Å². The molecule has 2 heterocycles. The lowest BCUT2D eigenvalue weighted by atomic mass is 9.76. The molecule has 1 saturated heterocycles. The molecule has 196 valence electrons. The highest BCUT2D eigenvalue weighted by atomic mass is 35.5. The van der Waals surface area contributed by atoms with Gasteiger partial charge in [-0.3, -0.25) is 14.4 Å². The van der Waals surface area contributed by atoms with Gasteiger partial charge in [-0.05, 0) is 77.1 Å². The molecule has 0 radical (unpaired) electrons. The molecule has 0 unspecified atom stereocenters. The topological polar surface area (TPSA) is 71.4 Å². The van der Waals surface area contributed by atoms with Crippen LogP contribution in [0.2, 0.25) is 5.02 Å². The van der Waals surface area contributed by atoms with Crippen molar-refractivity contribution in [1.29, 1.82) is 0 Å². The standard InChI is InChI=1S/C29H40ClN3O3/c1-18-13-24-25(20(3)34)17-32(27(24)15-26(18)30)16-22-11-8-12-33(22)29(36)23(14-28(35)19(2)31-4)21-9-6-5-7-10-21/h13,15,17,19,21-23,31H,5-12,14,16H2,1-4H3/t19-,22-,23-/m0/s1. The van der Waals surface area contributed by atoms with Gasteiger partial charge in [-0.1, -0.05) is 30.9 Å². The van der Waals surface area contributed by atoms with Crippen molar-refractivity contribution < 1.29 is 14.4 Å². The number of aromatic nitrogens is 1. The maximum atomic E-state index is 14.0. The third-order valence-electron chi connectivity index (χ3n) is 8.48. The van der Waals surface area contributed by atoms with Crippen molar-refractivity contribution >= 4 is 40.0 Å². The smallest absolute Gasteiger partial charge is 0.226 e. The molecule has 0 bridgehead atoms. The number of hydrogen-bond acceptors (Lipinski definition) is 4. The summed E-state index contributed by atoms with van der Waals surface area (Å²) in [5.41, 5.74) is 2.56. The number of nitrogens with zero attached hydrogens (tertiary/aromatic N) is 2. The average Bonchev–Trinajstić information content (AvgIpc) is 3.47. The lowest BCUT2D eigenvalue weighted by Gasteiger charge is -2.35. The Morgan fingerprint density at radius 2 is 1.83 bits per heavy atom. The van der Waals surface area contributed by atoms with Crippen molar-refractivity contribution in [2.75, 3.05) is 13.6 Å². The Hall–Kier alpha value is -2.18. The number of aryl methyl sites for hydroxylation is 1. The fourth-order valence-corrected chi connectivity index (χ4v) is 6.31. The summed E-state index contributed by atoms with van der Waals surface area (Å²) in [6, 6.07) is 3.71. The quantitative estimate of drug-likeness (QED) is 0.445. The second-order valence-electron chi connectivity index (χ2n) is 10.9. The van der Waals surface area contributed by atoms with Crippen LogP contribution in [0.25, 0.3) is 10.9 Å². The molecule has 1 aromatic carbocycles. The van der Waals surface area contributed by atoms with Crippen LogP contribution < -0.4 is 5.32 Å². The third-order valence-corrected chi connectivity index (χ3v) is 8.89. The highest BCUT2D eigenvalue weighted by Crippen LogP contribution is 2.36. The maximum absolute atomic E-state index is 14.0. The van der Waals surface area contributed by atoms with Gasteiger partial charge in [0.05, 0.1) is 11.6 Å². The fraction of sp³-hybridized carbons (Fsp3) is 0.621. The molecule has 1 aromatic heterocycles. The normalized spacial score (nSPS) is 20.6. The van der Waals surface area contributed by atoms with E-state index in [9.17, 15) is 14.4 Å². The number of Topliss-reactive ketones (excluding diaryl/α,β-unsaturated/α-hetero) is 2. The van der Waals surface area contributed by atoms with Gasteiger partial charge in [-0.15, -0.1) is 0 Å². The van der Waals surface area contributed by atoms with Crippen LogP contribution in [0.1, 0.15) is 81.1 Å². The minimum absolute atomic E-state index is 0.0226. The van der Waals surface area contributed by atoms with Gasteiger partial charge in [-0.2, -0.15) is 0 Å². The zero-order valence-corrected chi connectivity index (χ0v) is 22.9. The first-order valence-electron chi connectivity index (χ1n) is 13.5. The molecular weight excluding hydrogens is 474 g/mol. The SMILES string of the molecule is CN[C@@H](C)C(=O)C[C@H](C(=O)N1CCC[C@H]1Cn1cc(C(C)=O)c2cc(C)c(Cl)cc21)C1CCCCC1. The number of halogens is 1. The van der Waals surface area contributed by atoms with Crippen LogP contribution in [-0.4, -0.2) is 52.6 Å². The van der Waals surface area contributed by atoms with Gasteiger partial charge in [0.25, 0.3) is 0 Å². The van der Waals surface area contributed by atoms with E-state index in [1.807, 2.05) is 37.1 Å². The highest BCUT2D eigenvalue weighted by molar-refractivity contribution is 6.32. The third kappa shape index (κ3) is 5.55. The summed E-state index contributed by atoms with van der Waals surface area (Å²) in [6.45, 7) is 6.75. The van der Waals surface area contributed by atoms with Crippen molar-refractivity contribution in [3.63, 3.8) is 0 Å². The molecule has 6 nitrogen and oxygen atoms in total. The van der Waals surface area contributed by atoms with E-state index in [0.717, 1.165) is 61.5 Å². The molecular formula is C29H40ClN3O3. The van der Waals surface area contributed by atoms with E-state index in [1.165, 1.54) is 6.42 Å². The molecule has 7 heteroatoms. The molecule has 1 saturated carbocycles. The Kier molecular flexibility index (Phi) is 8.56. The minimum Gasteiger partial charge on any atom is -0.345 e. The molecule has 3 atom stereocenters. The van der Waals surface area contributed by atoms with E-state index < -0.39 is 0 Å². The van der Waals surface area contributed by atoms with Crippen LogP contribution in [-0.2, 0) is 16.1 Å². The van der Waals surface area contributed by atoms with Gasteiger partial charge in [0.15, 0.2) is 5.78 Å². The Morgan fingerprint density at radius 1 is 1.11 bits per heavy atom. The Balaban J connectivity index is 1.60. The number of carbonyl (C=O) groups is 3. The van der Waals surface area contributed by atoms with E-state index in [2.05, 4.69) is 9.88 Å². The first kappa shape index (κ1) is 26.9. The molecule has 2 aliphatic rings. The number of ketones is 2. The van der Waals surface area contributed by atoms with Crippen molar-refractivity contribution in [3.05, 3.63) is 34.5 Å². The fourth-order valence-electron chi connectivity index (χ4n) is 6.15. The van der Waals surface area contributed by atoms with Crippen LogP contribution in [0.3, 0.4) is 0 Å². The molecule has 2 fully saturated rings. The molecule has 1 aliphatic carbocycles. The Bertz CT molecular complexity index is 1130. The van der Waals surface area contributed by atoms with E-state index >= 15 is 0 Å². The zero-order valence-electron chi connectivity index (χ0n) is 22.1. The number of hydrogen-bond donors (Lipinski definition) is 1. The molecule has 1 N–H and O–H groups in total. The van der Waals surface area contributed by atoms with Crippen molar-refractivity contribution in [1.82, 2.24) is 14.8 Å². The first-order chi connectivity index (χ1) is 17.2. The van der Waals surface area contributed by atoms with E-state index in [1.54, 1.807) is 14.0 Å². The molecule has 36 heavy (non-hydrogen) atoms. The molecule has 2 aromatic rings. The second-order valence-corrected chi connectivity index (χ2v) is 11.3. The zero-order chi connectivity index (χ0) is 26.0. The molecule has 1 aliphatic heterocycles. The molecule has 0 spiro atoms. The van der Waals surface area contributed by atoms with Gasteiger partial charge >= 0.3 is 0 Å². The highest BCUT2D eigenvalue weighted by Gasteiger charge is 2.39. The Morgan fingerprint density at radius 3 is 2.50 bits per heavy atom. The van der Waals surface area contributed by atoms with E-state index in [4.69, 9.17) is 11.6 Å². The van der Waals surface area contributed by atoms with Gasteiger partial charge in [0.1, 0.15) is 5.78 Å². The largest absolute Gasteiger partial charge is 0.345 e. The van der Waals surface area contributed by atoms with Gasteiger partial charge in [0.2, 0.25) is 5.91 Å². The van der Waals surface area contributed by atoms with Crippen LogP contribution in [0.15, 0.2) is 18.3 Å². The summed E-state index contributed by atoms with van der Waals surface area (Å²) in [7, 11) is 1.79. The van der Waals surface area contributed by atoms with Crippen molar-refractivity contribution in [2.45, 2.75) is 90.8 Å². The van der Waals surface area contributed by atoms with Crippen LogP contribution in [0.4, 0.5) is 0 Å². The van der Waals surface area contributed by atoms with Crippen molar-refractivity contribution in [3.8, 4) is 0 Å². The summed E-state index contributed by atoms with van der Waals surface area (Å²) in [5.74, 6) is 0.303. The lowest BCUT2D eigenvalue weighted by Crippen LogP contribution is -2.45. The van der Waals surface area contributed by atoms with E-state index in [0.29, 0.717) is 23.6 Å². The summed E-state index contributed by atoms with van der Waals surface area (Å²) in [4.78, 5) is 41.4. The van der Waals surface area contributed by atoms with Crippen LogP contribution >= 0.6 is 11.6 Å². The number of benzene rings is 1. The van der Waals surface area contributed by atoms with Gasteiger partial charge < -0.3 is 14.8 Å². The summed E-state index contributed by atoms with van der Waals surface area (Å²) in [6.07, 6.45) is 9.63. The number of rotatable bonds is 9. The predicted octanol–water partition coefficient (Wildman–Crippen LogP) is 5.56. The van der Waals surface area contributed by atoms with Crippen LogP contribution in [0.5, 0.6) is 0 Å². The maximum Gasteiger partial charge on any atom is 0.226 e. The first-order valence-corrected chi connectivity index (χ1v) is 13.9. The lowest BCUT2D eigenvalue weighted by molar-refractivity contribution is -0.141.